The average Bonchev–Trinajstić information content (AvgIpc) is 2.46. The van der Waals surface area contributed by atoms with Crippen LogP contribution < -0.4 is 9.47 Å². The van der Waals surface area contributed by atoms with E-state index in [1.54, 1.807) is 0 Å². The lowest BCUT2D eigenvalue weighted by molar-refractivity contribution is -0.715. The molecule has 0 aromatic carbocycles. The standard InChI is InChI=1S/C15H26N3/c1-3-16(4-2)14-17-12-8-15(9-13-17)18-10-6-5-7-11-18/h8-9,12-13H,3-7,10-11,14H2,1-2H3/q+1. The van der Waals surface area contributed by atoms with Gasteiger partial charge in [0.25, 0.3) is 0 Å². The van der Waals surface area contributed by atoms with Crippen LogP contribution in [0.2, 0.25) is 0 Å². The van der Waals surface area contributed by atoms with Gasteiger partial charge in [0.05, 0.1) is 0 Å². The second-order valence-corrected chi connectivity index (χ2v) is 5.06. The van der Waals surface area contributed by atoms with Gasteiger partial charge in [-0.2, -0.15) is 4.57 Å². The Bertz CT molecular complexity index is 337. The molecule has 1 aromatic heterocycles. The summed E-state index contributed by atoms with van der Waals surface area (Å²) in [6, 6.07) is 4.52. The number of piperidine rings is 1. The summed E-state index contributed by atoms with van der Waals surface area (Å²) in [6.45, 7) is 10.1. The van der Waals surface area contributed by atoms with E-state index < -0.39 is 0 Å². The van der Waals surface area contributed by atoms with Crippen LogP contribution in [0.3, 0.4) is 0 Å². The topological polar surface area (TPSA) is 10.4 Å². The summed E-state index contributed by atoms with van der Waals surface area (Å²) in [4.78, 5) is 4.92. The Labute approximate surface area is 111 Å². The van der Waals surface area contributed by atoms with Gasteiger partial charge in [-0.1, -0.05) is 13.8 Å². The predicted molar refractivity (Wildman–Crippen MR) is 75.6 cm³/mol. The first-order valence-electron chi connectivity index (χ1n) is 7.30. The lowest BCUT2D eigenvalue weighted by atomic mass is 10.1. The average molecular weight is 248 g/mol. The summed E-state index contributed by atoms with van der Waals surface area (Å²) in [7, 11) is 0. The molecule has 2 rings (SSSR count). The number of anilines is 1. The van der Waals surface area contributed by atoms with E-state index in [0.29, 0.717) is 0 Å². The van der Waals surface area contributed by atoms with Crippen LogP contribution >= 0.6 is 0 Å². The van der Waals surface area contributed by atoms with Crippen LogP contribution in [0.5, 0.6) is 0 Å². The Morgan fingerprint density at radius 1 is 1.06 bits per heavy atom. The summed E-state index contributed by atoms with van der Waals surface area (Å²) in [5, 5.41) is 0. The predicted octanol–water partition coefficient (Wildman–Crippen LogP) is 2.26. The van der Waals surface area contributed by atoms with Crippen LogP contribution in [0.15, 0.2) is 24.5 Å². The molecule has 1 aliphatic heterocycles. The van der Waals surface area contributed by atoms with E-state index in [2.05, 4.69) is 52.7 Å². The molecule has 3 heteroatoms. The van der Waals surface area contributed by atoms with Gasteiger partial charge < -0.3 is 4.90 Å². The summed E-state index contributed by atoms with van der Waals surface area (Å²) in [6.07, 6.45) is 8.50. The number of aromatic nitrogens is 1. The normalized spacial score (nSPS) is 16.3. The Morgan fingerprint density at radius 3 is 2.22 bits per heavy atom. The van der Waals surface area contributed by atoms with Gasteiger partial charge in [0.2, 0.25) is 6.67 Å². The minimum Gasteiger partial charge on any atom is -0.371 e. The number of nitrogens with zero attached hydrogens (tertiary/aromatic N) is 3. The van der Waals surface area contributed by atoms with E-state index in [0.717, 1.165) is 19.8 Å². The Hall–Kier alpha value is -1.09. The molecular weight excluding hydrogens is 222 g/mol. The molecule has 0 aliphatic carbocycles. The number of hydrogen-bond donors (Lipinski definition) is 0. The molecule has 1 aliphatic rings. The second kappa shape index (κ2) is 6.74. The molecule has 0 unspecified atom stereocenters. The van der Waals surface area contributed by atoms with E-state index in [-0.39, 0.29) is 0 Å². The molecule has 0 saturated carbocycles. The van der Waals surface area contributed by atoms with Crippen molar-refractivity contribution < 1.29 is 4.57 Å². The van der Waals surface area contributed by atoms with Gasteiger partial charge in [-0.05, 0) is 19.3 Å². The maximum Gasteiger partial charge on any atom is 0.204 e. The molecule has 1 aromatic rings. The number of hydrogen-bond acceptors (Lipinski definition) is 2. The quantitative estimate of drug-likeness (QED) is 0.740. The van der Waals surface area contributed by atoms with Crippen molar-refractivity contribution in [1.29, 1.82) is 0 Å². The number of pyridine rings is 1. The van der Waals surface area contributed by atoms with Crippen molar-refractivity contribution in [1.82, 2.24) is 4.90 Å². The molecule has 0 amide bonds. The summed E-state index contributed by atoms with van der Waals surface area (Å²) in [5.41, 5.74) is 1.38. The van der Waals surface area contributed by atoms with Gasteiger partial charge >= 0.3 is 0 Å². The fourth-order valence-electron chi connectivity index (χ4n) is 2.56. The zero-order valence-corrected chi connectivity index (χ0v) is 11.8. The first-order chi connectivity index (χ1) is 8.83. The van der Waals surface area contributed by atoms with E-state index in [4.69, 9.17) is 0 Å². The Kier molecular flexibility index (Phi) is 5.00. The molecule has 0 atom stereocenters. The lowest BCUT2D eigenvalue weighted by Gasteiger charge is -2.28. The molecule has 0 N–H and O–H groups in total. The van der Waals surface area contributed by atoms with E-state index in [1.165, 1.54) is 38.0 Å². The highest BCUT2D eigenvalue weighted by atomic mass is 15.2. The van der Waals surface area contributed by atoms with Crippen LogP contribution in [0.25, 0.3) is 0 Å². The Morgan fingerprint density at radius 2 is 1.67 bits per heavy atom. The fourth-order valence-corrected chi connectivity index (χ4v) is 2.56. The van der Waals surface area contributed by atoms with Gasteiger partial charge in [-0.25, -0.2) is 4.90 Å². The molecule has 2 heterocycles. The lowest BCUT2D eigenvalue weighted by Crippen LogP contribution is -2.43. The third-order valence-corrected chi connectivity index (χ3v) is 3.85. The van der Waals surface area contributed by atoms with Crippen molar-refractivity contribution in [3.8, 4) is 0 Å². The maximum absolute atomic E-state index is 2.51. The highest BCUT2D eigenvalue weighted by Crippen LogP contribution is 2.17. The first kappa shape index (κ1) is 13.3. The molecule has 1 fully saturated rings. The van der Waals surface area contributed by atoms with Crippen molar-refractivity contribution >= 4 is 5.69 Å². The van der Waals surface area contributed by atoms with Gasteiger partial charge in [0.1, 0.15) is 0 Å². The molecule has 0 bridgehead atoms. The van der Waals surface area contributed by atoms with Gasteiger partial charge in [-0.15, -0.1) is 0 Å². The molecule has 1 saturated heterocycles. The minimum atomic E-state index is 0.993. The summed E-state index contributed by atoms with van der Waals surface area (Å²) in [5.74, 6) is 0. The number of rotatable bonds is 5. The fraction of sp³-hybridized carbons (Fsp3) is 0.667. The van der Waals surface area contributed by atoms with E-state index >= 15 is 0 Å². The van der Waals surface area contributed by atoms with Crippen LogP contribution in [0, 0.1) is 0 Å². The molecule has 18 heavy (non-hydrogen) atoms. The second-order valence-electron chi connectivity index (χ2n) is 5.06. The molecule has 0 spiro atoms. The third kappa shape index (κ3) is 3.45. The SMILES string of the molecule is CCN(CC)C[n+]1ccc(N2CCCCC2)cc1. The summed E-state index contributed by atoms with van der Waals surface area (Å²) >= 11 is 0. The van der Waals surface area contributed by atoms with Crippen LogP contribution in [0.1, 0.15) is 33.1 Å². The molecule has 3 nitrogen and oxygen atoms in total. The van der Waals surface area contributed by atoms with Crippen LogP contribution in [-0.4, -0.2) is 31.1 Å². The zero-order valence-electron chi connectivity index (χ0n) is 11.8. The largest absolute Gasteiger partial charge is 0.371 e. The van der Waals surface area contributed by atoms with Gasteiger partial charge in [-0.3, -0.25) is 0 Å². The van der Waals surface area contributed by atoms with Gasteiger partial charge in [0, 0.05) is 44.0 Å². The third-order valence-electron chi connectivity index (χ3n) is 3.85. The van der Waals surface area contributed by atoms with Crippen LogP contribution in [-0.2, 0) is 6.67 Å². The highest BCUT2D eigenvalue weighted by molar-refractivity contribution is 5.43. The summed E-state index contributed by atoms with van der Waals surface area (Å²) < 4.78 is 2.26. The monoisotopic (exact) mass is 248 g/mol. The maximum atomic E-state index is 2.51. The van der Waals surface area contributed by atoms with E-state index in [9.17, 15) is 0 Å². The first-order valence-corrected chi connectivity index (χ1v) is 7.30. The van der Waals surface area contributed by atoms with Crippen LogP contribution in [0.4, 0.5) is 5.69 Å². The molecule has 0 radical (unpaired) electrons. The van der Waals surface area contributed by atoms with Crippen molar-refractivity contribution in [2.24, 2.45) is 0 Å². The van der Waals surface area contributed by atoms with Crippen molar-refractivity contribution in [3.63, 3.8) is 0 Å². The van der Waals surface area contributed by atoms with Crippen molar-refractivity contribution in [2.45, 2.75) is 39.8 Å². The zero-order chi connectivity index (χ0) is 12.8. The Balaban J connectivity index is 1.96. The minimum absolute atomic E-state index is 0.993. The van der Waals surface area contributed by atoms with Gasteiger partial charge in [0.15, 0.2) is 12.4 Å². The highest BCUT2D eigenvalue weighted by Gasteiger charge is 2.12. The molecule has 100 valence electrons. The molecular formula is C15H26N3+. The van der Waals surface area contributed by atoms with Crippen molar-refractivity contribution in [2.75, 3.05) is 31.1 Å². The van der Waals surface area contributed by atoms with E-state index in [1.807, 2.05) is 0 Å². The van der Waals surface area contributed by atoms with Crippen molar-refractivity contribution in [3.05, 3.63) is 24.5 Å². The smallest absolute Gasteiger partial charge is 0.204 e.